The summed E-state index contributed by atoms with van der Waals surface area (Å²) in [5.74, 6) is -0.311. The quantitative estimate of drug-likeness (QED) is 0.878. The summed E-state index contributed by atoms with van der Waals surface area (Å²) in [6, 6.07) is 5.60. The van der Waals surface area contributed by atoms with Crippen LogP contribution in [-0.2, 0) is 16.0 Å². The number of benzene rings is 1. The molecule has 0 radical (unpaired) electrons. The fourth-order valence-corrected chi connectivity index (χ4v) is 2.62. The summed E-state index contributed by atoms with van der Waals surface area (Å²) in [4.78, 5) is 26.1. The highest BCUT2D eigenvalue weighted by molar-refractivity contribution is 5.98. The van der Waals surface area contributed by atoms with Crippen molar-refractivity contribution in [2.45, 2.75) is 39.7 Å². The number of amides is 2. The number of carbonyl (C=O) groups excluding carboxylic acids is 2. The second-order valence-corrected chi connectivity index (χ2v) is 6.27. The molecule has 0 aromatic heterocycles. The van der Waals surface area contributed by atoms with Crippen molar-refractivity contribution in [3.63, 3.8) is 0 Å². The largest absolute Gasteiger partial charge is 0.346 e. The van der Waals surface area contributed by atoms with Crippen LogP contribution in [0.4, 0.5) is 5.69 Å². The number of nitrogens with zero attached hydrogens (tertiary/aromatic N) is 1. The first-order valence-corrected chi connectivity index (χ1v) is 7.83. The first-order chi connectivity index (χ1) is 10.4. The summed E-state index contributed by atoms with van der Waals surface area (Å²) in [7, 11) is 0. The molecule has 128 valence electrons. The zero-order valence-electron chi connectivity index (χ0n) is 14.0. The standard InChI is InChI=1S/C17H25N3O2.ClH/c1-11(2)16(18)17(22)19-10-15(21)20-8-4-5-13-7-6-12(3)9-14(13)20;/h6-7,9,11,16H,4-5,8,10,18H2,1-3H3,(H,19,22);1H/t16-;/m0./s1. The van der Waals surface area contributed by atoms with E-state index < -0.39 is 6.04 Å². The monoisotopic (exact) mass is 339 g/mol. The second-order valence-electron chi connectivity index (χ2n) is 6.27. The lowest BCUT2D eigenvalue weighted by Gasteiger charge is -2.30. The Hall–Kier alpha value is -1.59. The number of anilines is 1. The van der Waals surface area contributed by atoms with Crippen molar-refractivity contribution < 1.29 is 9.59 Å². The van der Waals surface area contributed by atoms with Gasteiger partial charge in [0.05, 0.1) is 12.6 Å². The zero-order valence-corrected chi connectivity index (χ0v) is 14.8. The molecule has 1 aliphatic rings. The van der Waals surface area contributed by atoms with Gasteiger partial charge in [0.2, 0.25) is 11.8 Å². The number of hydrogen-bond donors (Lipinski definition) is 2. The summed E-state index contributed by atoms with van der Waals surface area (Å²) in [5.41, 5.74) is 9.07. The van der Waals surface area contributed by atoms with Gasteiger partial charge in [-0.15, -0.1) is 12.4 Å². The van der Waals surface area contributed by atoms with Gasteiger partial charge >= 0.3 is 0 Å². The number of aryl methyl sites for hydroxylation is 2. The molecule has 1 atom stereocenters. The fraction of sp³-hybridized carbons (Fsp3) is 0.529. The Morgan fingerprint density at radius 1 is 1.35 bits per heavy atom. The summed E-state index contributed by atoms with van der Waals surface area (Å²) < 4.78 is 0. The average Bonchev–Trinajstić information content (AvgIpc) is 2.50. The van der Waals surface area contributed by atoms with Crippen molar-refractivity contribution in [3.8, 4) is 0 Å². The number of hydrogen-bond acceptors (Lipinski definition) is 3. The van der Waals surface area contributed by atoms with Crippen LogP contribution in [0.2, 0.25) is 0 Å². The molecule has 0 aliphatic carbocycles. The normalized spacial score (nSPS) is 14.7. The zero-order chi connectivity index (χ0) is 16.3. The third-order valence-corrected chi connectivity index (χ3v) is 4.10. The molecule has 2 rings (SSSR count). The summed E-state index contributed by atoms with van der Waals surface area (Å²) >= 11 is 0. The van der Waals surface area contributed by atoms with Gasteiger partial charge in [-0.2, -0.15) is 0 Å². The molecular weight excluding hydrogens is 314 g/mol. The molecule has 1 heterocycles. The Kier molecular flexibility index (Phi) is 7.03. The molecule has 0 bridgehead atoms. The molecule has 1 aliphatic heterocycles. The maximum Gasteiger partial charge on any atom is 0.246 e. The van der Waals surface area contributed by atoms with Crippen LogP contribution >= 0.6 is 12.4 Å². The molecule has 0 unspecified atom stereocenters. The molecular formula is C17H26ClN3O2. The third-order valence-electron chi connectivity index (χ3n) is 4.10. The topological polar surface area (TPSA) is 75.4 Å². The van der Waals surface area contributed by atoms with Crippen molar-refractivity contribution in [2.24, 2.45) is 11.7 Å². The third kappa shape index (κ3) is 4.69. The average molecular weight is 340 g/mol. The van der Waals surface area contributed by atoms with Crippen molar-refractivity contribution in [2.75, 3.05) is 18.0 Å². The van der Waals surface area contributed by atoms with Crippen LogP contribution < -0.4 is 16.0 Å². The number of nitrogens with two attached hydrogens (primary N) is 1. The van der Waals surface area contributed by atoms with Gasteiger partial charge in [-0.25, -0.2) is 0 Å². The van der Waals surface area contributed by atoms with Crippen molar-refractivity contribution in [1.29, 1.82) is 0 Å². The lowest BCUT2D eigenvalue weighted by Crippen LogP contribution is -2.48. The van der Waals surface area contributed by atoms with Gasteiger partial charge in [0, 0.05) is 12.2 Å². The van der Waals surface area contributed by atoms with Crippen LogP contribution in [0.5, 0.6) is 0 Å². The van der Waals surface area contributed by atoms with Crippen LogP contribution in [0.15, 0.2) is 18.2 Å². The SMILES string of the molecule is Cc1ccc2c(c1)N(C(=O)CNC(=O)[C@@H](N)C(C)C)CCC2.Cl. The molecule has 6 heteroatoms. The first-order valence-electron chi connectivity index (χ1n) is 7.83. The van der Waals surface area contributed by atoms with Crippen LogP contribution in [0, 0.1) is 12.8 Å². The molecule has 0 spiro atoms. The highest BCUT2D eigenvalue weighted by Gasteiger charge is 2.24. The van der Waals surface area contributed by atoms with E-state index in [1.165, 1.54) is 5.56 Å². The predicted molar refractivity (Wildman–Crippen MR) is 94.9 cm³/mol. The number of nitrogens with one attached hydrogen (secondary N) is 1. The van der Waals surface area contributed by atoms with Gasteiger partial charge in [-0.1, -0.05) is 26.0 Å². The molecule has 1 aromatic rings. The molecule has 0 saturated heterocycles. The number of fused-ring (bicyclic) bond motifs is 1. The molecule has 1 aromatic carbocycles. The maximum absolute atomic E-state index is 12.4. The van der Waals surface area contributed by atoms with E-state index in [4.69, 9.17) is 5.73 Å². The number of halogens is 1. The number of carbonyl (C=O) groups is 2. The Bertz CT molecular complexity index is 575. The van der Waals surface area contributed by atoms with Crippen molar-refractivity contribution >= 4 is 29.9 Å². The van der Waals surface area contributed by atoms with Crippen LogP contribution in [-0.4, -0.2) is 30.9 Å². The van der Waals surface area contributed by atoms with E-state index in [9.17, 15) is 9.59 Å². The van der Waals surface area contributed by atoms with Crippen LogP contribution in [0.25, 0.3) is 0 Å². The first kappa shape index (κ1) is 19.5. The fourth-order valence-electron chi connectivity index (χ4n) is 2.62. The molecule has 3 N–H and O–H groups in total. The summed E-state index contributed by atoms with van der Waals surface area (Å²) in [6.45, 7) is 6.47. The van der Waals surface area contributed by atoms with Crippen molar-refractivity contribution in [3.05, 3.63) is 29.3 Å². The molecule has 23 heavy (non-hydrogen) atoms. The van der Waals surface area contributed by atoms with Crippen molar-refractivity contribution in [1.82, 2.24) is 5.32 Å². The van der Waals surface area contributed by atoms with E-state index in [-0.39, 0.29) is 36.7 Å². The second kappa shape index (κ2) is 8.31. The van der Waals surface area contributed by atoms with E-state index in [1.54, 1.807) is 4.90 Å². The maximum atomic E-state index is 12.4. The Morgan fingerprint density at radius 3 is 2.70 bits per heavy atom. The lowest BCUT2D eigenvalue weighted by atomic mass is 10.00. The van der Waals surface area contributed by atoms with Gasteiger partial charge in [0.1, 0.15) is 0 Å². The molecule has 0 saturated carbocycles. The minimum atomic E-state index is -0.580. The van der Waals surface area contributed by atoms with Gasteiger partial charge in [-0.3, -0.25) is 9.59 Å². The van der Waals surface area contributed by atoms with E-state index in [1.807, 2.05) is 26.8 Å². The highest BCUT2D eigenvalue weighted by Crippen LogP contribution is 2.28. The van der Waals surface area contributed by atoms with Gasteiger partial charge in [-0.05, 0) is 42.9 Å². The van der Waals surface area contributed by atoms with E-state index in [0.29, 0.717) is 6.54 Å². The smallest absolute Gasteiger partial charge is 0.246 e. The minimum Gasteiger partial charge on any atom is -0.346 e. The lowest BCUT2D eigenvalue weighted by molar-refractivity contribution is -0.126. The Labute approximate surface area is 144 Å². The van der Waals surface area contributed by atoms with E-state index >= 15 is 0 Å². The van der Waals surface area contributed by atoms with Gasteiger partial charge in [0.15, 0.2) is 0 Å². The Morgan fingerprint density at radius 2 is 2.04 bits per heavy atom. The van der Waals surface area contributed by atoms with Gasteiger partial charge in [0.25, 0.3) is 0 Å². The van der Waals surface area contributed by atoms with E-state index in [0.717, 1.165) is 24.1 Å². The summed E-state index contributed by atoms with van der Waals surface area (Å²) in [5, 5.41) is 2.65. The number of rotatable bonds is 4. The minimum absolute atomic E-state index is 0. The van der Waals surface area contributed by atoms with Crippen LogP contribution in [0.3, 0.4) is 0 Å². The molecule has 2 amide bonds. The summed E-state index contributed by atoms with van der Waals surface area (Å²) in [6.07, 6.45) is 1.94. The molecule has 0 fully saturated rings. The van der Waals surface area contributed by atoms with Gasteiger partial charge < -0.3 is 16.0 Å². The molecule has 5 nitrogen and oxygen atoms in total. The van der Waals surface area contributed by atoms with E-state index in [2.05, 4.69) is 17.4 Å². The predicted octanol–water partition coefficient (Wildman–Crippen LogP) is 1.80. The Balaban J connectivity index is 0.00000264. The van der Waals surface area contributed by atoms with Crippen LogP contribution in [0.1, 0.15) is 31.4 Å². The highest BCUT2D eigenvalue weighted by atomic mass is 35.5.